The predicted octanol–water partition coefficient (Wildman–Crippen LogP) is 7.73. The van der Waals surface area contributed by atoms with Gasteiger partial charge in [0.15, 0.2) is 0 Å². The number of likely N-dealkylation sites (tertiary alicyclic amines) is 1. The summed E-state index contributed by atoms with van der Waals surface area (Å²) in [5, 5.41) is 3.23. The highest BCUT2D eigenvalue weighted by Crippen LogP contribution is 2.36. The number of rotatable bonds is 15. The van der Waals surface area contributed by atoms with Gasteiger partial charge in [0.2, 0.25) is 5.91 Å². The number of carbonyl (C=O) groups excluding carboxylic acids is 3. The van der Waals surface area contributed by atoms with E-state index < -0.39 is 66.8 Å². The number of carbonyl (C=O) groups is 3. The van der Waals surface area contributed by atoms with Gasteiger partial charge in [0.25, 0.3) is 5.91 Å². The fourth-order valence-corrected chi connectivity index (χ4v) is 7.09. The molecule has 1 aromatic heterocycles. The van der Waals surface area contributed by atoms with Crippen molar-refractivity contribution in [1.82, 2.24) is 15.2 Å². The lowest BCUT2D eigenvalue weighted by Gasteiger charge is -2.38. The molecule has 306 valence electrons. The van der Waals surface area contributed by atoms with Crippen LogP contribution in [0.3, 0.4) is 0 Å². The van der Waals surface area contributed by atoms with Gasteiger partial charge in [-0.2, -0.15) is 26.3 Å². The maximum atomic E-state index is 13.7. The second-order valence-electron chi connectivity index (χ2n) is 14.1. The second kappa shape index (κ2) is 18.7. The van der Waals surface area contributed by atoms with Crippen molar-refractivity contribution in [3.05, 3.63) is 137 Å². The van der Waals surface area contributed by atoms with Gasteiger partial charge >= 0.3 is 18.3 Å². The molecular weight excluding hydrogens is 766 g/mol. The molecular formula is C43H42F6N4O5. The van der Waals surface area contributed by atoms with Crippen LogP contribution in [0.2, 0.25) is 0 Å². The molecule has 2 heterocycles. The minimum Gasteiger partial charge on any atom is -0.459 e. The van der Waals surface area contributed by atoms with Crippen molar-refractivity contribution in [2.45, 2.75) is 56.7 Å². The van der Waals surface area contributed by atoms with Crippen LogP contribution in [0.5, 0.6) is 0 Å². The van der Waals surface area contributed by atoms with Crippen LogP contribution in [0.25, 0.3) is 10.9 Å². The number of halogens is 6. The van der Waals surface area contributed by atoms with Gasteiger partial charge in [0.1, 0.15) is 25.9 Å². The maximum absolute atomic E-state index is 13.7. The van der Waals surface area contributed by atoms with E-state index >= 15 is 0 Å². The average molecular weight is 809 g/mol. The third-order valence-electron chi connectivity index (χ3n) is 9.99. The van der Waals surface area contributed by atoms with E-state index in [0.29, 0.717) is 28.8 Å². The topological polar surface area (TPSA) is 104 Å². The SMILES string of the molecule is O=C(COCC(=O)N(c1ccccc1)C1CCN(CCc2ccccc2)CC1)N[C@@H](Cc1c[nH]c2ccccc12)C(=O)OCc1cc(C(F)(F)F)cc(C(F)(F)F)c1. The summed E-state index contributed by atoms with van der Waals surface area (Å²) >= 11 is 0. The lowest BCUT2D eigenvalue weighted by atomic mass is 10.0. The Hall–Kier alpha value is -5.67. The zero-order valence-corrected chi connectivity index (χ0v) is 31.3. The van der Waals surface area contributed by atoms with Gasteiger partial charge in [0, 0.05) is 54.9 Å². The van der Waals surface area contributed by atoms with Crippen molar-refractivity contribution in [3.63, 3.8) is 0 Å². The second-order valence-corrected chi connectivity index (χ2v) is 14.1. The molecule has 6 rings (SSSR count). The molecule has 0 saturated carbocycles. The molecule has 1 aliphatic heterocycles. The molecule has 0 radical (unpaired) electrons. The van der Waals surface area contributed by atoms with Crippen LogP contribution >= 0.6 is 0 Å². The van der Waals surface area contributed by atoms with Gasteiger partial charge < -0.3 is 29.6 Å². The van der Waals surface area contributed by atoms with Crippen LogP contribution in [-0.4, -0.2) is 72.6 Å². The van der Waals surface area contributed by atoms with Crippen molar-refractivity contribution < 1.29 is 50.2 Å². The first kappa shape index (κ1) is 41.9. The van der Waals surface area contributed by atoms with E-state index in [1.54, 1.807) is 35.4 Å². The summed E-state index contributed by atoms with van der Waals surface area (Å²) in [6.45, 7) is 0.467. The standard InChI is InChI=1S/C43H42F6N4O5/c44-42(45,46)32-21-30(22-33(24-32)43(47,48)49)26-58-41(56)38(23-31-25-50-37-14-8-7-13-36(31)37)51-39(54)27-57-28-40(55)53(34-11-5-2-6-12-34)35-16-19-52(20-17-35)18-15-29-9-3-1-4-10-29/h1-14,21-22,24-25,35,38,50H,15-20,23,26-28H2,(H,51,54)/t38-/m0/s1. The predicted molar refractivity (Wildman–Crippen MR) is 205 cm³/mol. The molecule has 15 heteroatoms. The summed E-state index contributed by atoms with van der Waals surface area (Å²) in [6, 6.07) is 25.9. The number of para-hydroxylation sites is 2. The van der Waals surface area contributed by atoms with Crippen LogP contribution in [0.15, 0.2) is 109 Å². The Morgan fingerprint density at radius 3 is 2.07 bits per heavy atom. The number of alkyl halides is 6. The minimum absolute atomic E-state index is 0.0218. The minimum atomic E-state index is -5.09. The molecule has 0 aliphatic carbocycles. The van der Waals surface area contributed by atoms with Crippen molar-refractivity contribution in [2.75, 3.05) is 37.7 Å². The first-order chi connectivity index (χ1) is 27.7. The molecule has 4 aromatic carbocycles. The smallest absolute Gasteiger partial charge is 0.416 e. The van der Waals surface area contributed by atoms with E-state index in [1.165, 1.54) is 5.56 Å². The molecule has 0 unspecified atom stereocenters. The average Bonchev–Trinajstić information content (AvgIpc) is 3.62. The Balaban J connectivity index is 1.09. The highest BCUT2D eigenvalue weighted by molar-refractivity contribution is 5.95. The highest BCUT2D eigenvalue weighted by atomic mass is 19.4. The zero-order chi connectivity index (χ0) is 41.3. The summed E-state index contributed by atoms with van der Waals surface area (Å²) in [5.41, 5.74) is -0.411. The first-order valence-electron chi connectivity index (χ1n) is 18.7. The Bertz CT molecular complexity index is 2120. The van der Waals surface area contributed by atoms with Gasteiger partial charge in [-0.3, -0.25) is 9.59 Å². The number of hydrogen-bond acceptors (Lipinski definition) is 6. The number of amides is 2. The lowest BCUT2D eigenvalue weighted by Crippen LogP contribution is -2.49. The number of hydrogen-bond donors (Lipinski definition) is 2. The van der Waals surface area contributed by atoms with Crippen LogP contribution in [-0.2, 0) is 55.7 Å². The number of piperidine rings is 1. The largest absolute Gasteiger partial charge is 0.459 e. The number of aromatic nitrogens is 1. The van der Waals surface area contributed by atoms with E-state index in [4.69, 9.17) is 9.47 Å². The molecule has 1 saturated heterocycles. The summed E-state index contributed by atoms with van der Waals surface area (Å²) in [4.78, 5) is 47.5. The highest BCUT2D eigenvalue weighted by Gasteiger charge is 2.37. The summed E-state index contributed by atoms with van der Waals surface area (Å²) in [5.74, 6) is -2.27. The number of benzene rings is 4. The third kappa shape index (κ3) is 11.3. The van der Waals surface area contributed by atoms with E-state index in [-0.39, 0.29) is 24.4 Å². The molecule has 2 amide bonds. The van der Waals surface area contributed by atoms with Crippen LogP contribution < -0.4 is 10.2 Å². The molecule has 1 atom stereocenters. The van der Waals surface area contributed by atoms with Crippen molar-refractivity contribution in [3.8, 4) is 0 Å². The summed E-state index contributed by atoms with van der Waals surface area (Å²) in [6.07, 6.45) is -6.34. The number of nitrogens with zero attached hydrogens (tertiary/aromatic N) is 2. The van der Waals surface area contributed by atoms with E-state index in [0.717, 1.165) is 44.4 Å². The van der Waals surface area contributed by atoms with Crippen molar-refractivity contribution in [1.29, 1.82) is 0 Å². The van der Waals surface area contributed by atoms with Crippen LogP contribution in [0, 0.1) is 0 Å². The number of nitrogens with one attached hydrogen (secondary N) is 2. The number of anilines is 1. The van der Waals surface area contributed by atoms with Gasteiger partial charge in [-0.15, -0.1) is 0 Å². The van der Waals surface area contributed by atoms with Crippen molar-refractivity contribution in [2.24, 2.45) is 0 Å². The molecule has 58 heavy (non-hydrogen) atoms. The Labute approximate surface area is 330 Å². The molecule has 1 fully saturated rings. The molecule has 1 aliphatic rings. The molecule has 2 N–H and O–H groups in total. The van der Waals surface area contributed by atoms with E-state index in [9.17, 15) is 40.7 Å². The fourth-order valence-electron chi connectivity index (χ4n) is 7.09. The third-order valence-corrected chi connectivity index (χ3v) is 9.99. The number of fused-ring (bicyclic) bond motifs is 1. The van der Waals surface area contributed by atoms with Gasteiger partial charge in [-0.05, 0) is 72.4 Å². The maximum Gasteiger partial charge on any atom is 0.416 e. The number of H-pyrrole nitrogens is 1. The Morgan fingerprint density at radius 2 is 1.41 bits per heavy atom. The Morgan fingerprint density at radius 1 is 0.793 bits per heavy atom. The van der Waals surface area contributed by atoms with Crippen molar-refractivity contribution >= 4 is 34.4 Å². The number of ether oxygens (including phenoxy) is 2. The quantitative estimate of drug-likeness (QED) is 0.0830. The molecule has 0 spiro atoms. The number of aromatic amines is 1. The fraction of sp³-hybridized carbons (Fsp3) is 0.326. The molecule has 5 aromatic rings. The Kier molecular flexibility index (Phi) is 13.5. The van der Waals surface area contributed by atoms with Gasteiger partial charge in [-0.25, -0.2) is 4.79 Å². The molecule has 0 bridgehead atoms. The normalized spacial score (nSPS) is 14.6. The van der Waals surface area contributed by atoms with Gasteiger partial charge in [-0.1, -0.05) is 66.7 Å². The lowest BCUT2D eigenvalue weighted by molar-refractivity contribution is -0.149. The van der Waals surface area contributed by atoms with Crippen LogP contribution in [0.1, 0.15) is 40.7 Å². The van der Waals surface area contributed by atoms with Gasteiger partial charge in [0.05, 0.1) is 11.1 Å². The van der Waals surface area contributed by atoms with E-state index in [1.807, 2.05) is 48.5 Å². The zero-order valence-electron chi connectivity index (χ0n) is 31.3. The monoisotopic (exact) mass is 808 g/mol. The first-order valence-corrected chi connectivity index (χ1v) is 18.7. The summed E-state index contributed by atoms with van der Waals surface area (Å²) in [7, 11) is 0. The number of esters is 1. The summed E-state index contributed by atoms with van der Waals surface area (Å²) < 4.78 is 91.5. The molecule has 9 nitrogen and oxygen atoms in total. The van der Waals surface area contributed by atoms with E-state index in [2.05, 4.69) is 27.3 Å². The van der Waals surface area contributed by atoms with Crippen LogP contribution in [0.4, 0.5) is 32.0 Å².